The summed E-state index contributed by atoms with van der Waals surface area (Å²) in [6.07, 6.45) is 1.68. The number of furan rings is 1. The molecule has 0 fully saturated rings. The van der Waals surface area contributed by atoms with Gasteiger partial charge in [0.25, 0.3) is 0 Å². The number of aromatic nitrogens is 3. The number of para-hydroxylation sites is 2. The van der Waals surface area contributed by atoms with Crippen molar-refractivity contribution in [2.24, 2.45) is 0 Å². The van der Waals surface area contributed by atoms with Gasteiger partial charge in [0.2, 0.25) is 5.88 Å². The summed E-state index contributed by atoms with van der Waals surface area (Å²) in [6.45, 7) is 0. The highest BCUT2D eigenvalue weighted by atomic mass is 16.5. The lowest BCUT2D eigenvalue weighted by Crippen LogP contribution is -1.94. The molecule has 3 aromatic carbocycles. The quantitative estimate of drug-likeness (QED) is 0.338. The highest BCUT2D eigenvalue weighted by molar-refractivity contribution is 6.07. The molecule has 0 aliphatic rings. The van der Waals surface area contributed by atoms with Crippen LogP contribution in [-0.2, 0) is 0 Å². The maximum Gasteiger partial charge on any atom is 0.219 e. The Morgan fingerprint density at radius 1 is 0.788 bits per heavy atom. The number of fused-ring (bicyclic) bond motifs is 3. The second-order valence-corrected chi connectivity index (χ2v) is 7.49. The fraction of sp³-hybridized carbons (Fsp3) is 0. The van der Waals surface area contributed by atoms with E-state index in [0.717, 1.165) is 16.5 Å². The molecule has 0 radical (unpaired) electrons. The summed E-state index contributed by atoms with van der Waals surface area (Å²) in [4.78, 5) is 13.8. The molecule has 158 valence electrons. The van der Waals surface area contributed by atoms with E-state index >= 15 is 0 Å². The van der Waals surface area contributed by atoms with Crippen LogP contribution < -0.4 is 4.74 Å². The van der Waals surface area contributed by atoms with Crippen LogP contribution in [0.25, 0.3) is 44.7 Å². The van der Waals surface area contributed by atoms with E-state index in [-0.39, 0.29) is 5.75 Å². The summed E-state index contributed by atoms with van der Waals surface area (Å²) >= 11 is 0. The third-order valence-electron chi connectivity index (χ3n) is 5.33. The first kappa shape index (κ1) is 19.0. The Hall–Kier alpha value is -4.71. The number of rotatable bonds is 4. The van der Waals surface area contributed by atoms with E-state index in [1.807, 2.05) is 66.7 Å². The van der Waals surface area contributed by atoms with E-state index < -0.39 is 0 Å². The second kappa shape index (κ2) is 7.76. The summed E-state index contributed by atoms with van der Waals surface area (Å²) in [5, 5.41) is 11.3. The third-order valence-corrected chi connectivity index (χ3v) is 5.33. The van der Waals surface area contributed by atoms with Gasteiger partial charge in [-0.2, -0.15) is 0 Å². The SMILES string of the molecule is Oc1ccccc1-c1nc(-c2cccc(Oc3ccccn3)c2)c2oc3ccccc3c2n1. The average molecular weight is 431 g/mol. The van der Waals surface area contributed by atoms with Crippen molar-refractivity contribution in [3.63, 3.8) is 0 Å². The molecule has 0 bridgehead atoms. The summed E-state index contributed by atoms with van der Waals surface area (Å²) in [5.74, 6) is 1.65. The molecule has 0 saturated heterocycles. The van der Waals surface area contributed by atoms with Crippen LogP contribution >= 0.6 is 0 Å². The maximum absolute atomic E-state index is 10.4. The Morgan fingerprint density at radius 2 is 1.64 bits per heavy atom. The van der Waals surface area contributed by atoms with Gasteiger partial charge < -0.3 is 14.3 Å². The molecule has 0 spiro atoms. The molecule has 6 rings (SSSR count). The molecule has 0 unspecified atom stereocenters. The minimum absolute atomic E-state index is 0.114. The normalized spacial score (nSPS) is 11.2. The first-order chi connectivity index (χ1) is 16.3. The molecular weight excluding hydrogens is 414 g/mol. The molecule has 3 aromatic heterocycles. The molecule has 6 nitrogen and oxygen atoms in total. The van der Waals surface area contributed by atoms with Crippen molar-refractivity contribution in [1.29, 1.82) is 0 Å². The number of hydrogen-bond acceptors (Lipinski definition) is 6. The Balaban J connectivity index is 1.57. The van der Waals surface area contributed by atoms with Crippen molar-refractivity contribution in [2.75, 3.05) is 0 Å². The predicted molar refractivity (Wildman–Crippen MR) is 126 cm³/mol. The molecule has 6 aromatic rings. The molecule has 0 amide bonds. The van der Waals surface area contributed by atoms with Crippen molar-refractivity contribution in [3.8, 4) is 40.0 Å². The monoisotopic (exact) mass is 431 g/mol. The minimum atomic E-state index is 0.114. The van der Waals surface area contributed by atoms with Gasteiger partial charge in [-0.05, 0) is 42.5 Å². The van der Waals surface area contributed by atoms with Crippen molar-refractivity contribution in [3.05, 3.63) is 97.2 Å². The summed E-state index contributed by atoms with van der Waals surface area (Å²) < 4.78 is 12.1. The van der Waals surface area contributed by atoms with Gasteiger partial charge in [-0.1, -0.05) is 42.5 Å². The largest absolute Gasteiger partial charge is 0.507 e. The topological polar surface area (TPSA) is 81.3 Å². The van der Waals surface area contributed by atoms with Crippen LogP contribution in [0.4, 0.5) is 0 Å². The summed E-state index contributed by atoms with van der Waals surface area (Å²) in [5.41, 5.74) is 3.94. The van der Waals surface area contributed by atoms with E-state index in [9.17, 15) is 5.11 Å². The zero-order valence-electron chi connectivity index (χ0n) is 17.3. The lowest BCUT2D eigenvalue weighted by Gasteiger charge is -2.09. The Bertz CT molecular complexity index is 1610. The number of hydrogen-bond donors (Lipinski definition) is 1. The Labute approximate surface area is 188 Å². The van der Waals surface area contributed by atoms with E-state index in [1.165, 1.54) is 0 Å². The van der Waals surface area contributed by atoms with Crippen LogP contribution in [0.1, 0.15) is 0 Å². The lowest BCUT2D eigenvalue weighted by atomic mass is 10.1. The second-order valence-electron chi connectivity index (χ2n) is 7.49. The molecule has 0 aliphatic carbocycles. The van der Waals surface area contributed by atoms with Gasteiger partial charge >= 0.3 is 0 Å². The van der Waals surface area contributed by atoms with Gasteiger partial charge in [0.15, 0.2) is 11.4 Å². The molecule has 0 saturated carbocycles. The van der Waals surface area contributed by atoms with Crippen LogP contribution in [0.5, 0.6) is 17.4 Å². The van der Waals surface area contributed by atoms with Crippen LogP contribution in [0.3, 0.4) is 0 Å². The zero-order valence-corrected chi connectivity index (χ0v) is 17.3. The highest BCUT2D eigenvalue weighted by Gasteiger charge is 2.19. The van der Waals surface area contributed by atoms with E-state index in [2.05, 4.69) is 4.98 Å². The summed E-state index contributed by atoms with van der Waals surface area (Å²) in [6, 6.07) is 27.8. The number of ether oxygens (including phenoxy) is 1. The van der Waals surface area contributed by atoms with Gasteiger partial charge in [0.1, 0.15) is 28.3 Å². The summed E-state index contributed by atoms with van der Waals surface area (Å²) in [7, 11) is 0. The Morgan fingerprint density at radius 3 is 2.52 bits per heavy atom. The standard InChI is InChI=1S/C27H17N3O3/c31-21-12-3-1-10-19(21)27-29-24(26-25(30-27)20-11-2-4-13-22(20)33-26)17-8-7-9-18(16-17)32-23-14-5-6-15-28-23/h1-16,31H. The van der Waals surface area contributed by atoms with Gasteiger partial charge in [0.05, 0.1) is 5.56 Å². The molecule has 33 heavy (non-hydrogen) atoms. The lowest BCUT2D eigenvalue weighted by molar-refractivity contribution is 0.463. The van der Waals surface area contributed by atoms with Crippen LogP contribution in [0.15, 0.2) is 102 Å². The molecule has 0 atom stereocenters. The van der Waals surface area contributed by atoms with Gasteiger partial charge in [-0.3, -0.25) is 0 Å². The smallest absolute Gasteiger partial charge is 0.219 e. The fourth-order valence-corrected chi connectivity index (χ4v) is 3.80. The fourth-order valence-electron chi connectivity index (χ4n) is 3.80. The number of nitrogens with zero attached hydrogens (tertiary/aromatic N) is 3. The number of phenols is 1. The minimum Gasteiger partial charge on any atom is -0.507 e. The maximum atomic E-state index is 10.4. The molecule has 0 aliphatic heterocycles. The van der Waals surface area contributed by atoms with Gasteiger partial charge in [-0.25, -0.2) is 15.0 Å². The van der Waals surface area contributed by atoms with E-state index in [4.69, 9.17) is 19.1 Å². The van der Waals surface area contributed by atoms with Crippen molar-refractivity contribution in [1.82, 2.24) is 15.0 Å². The molecular formula is C27H17N3O3. The van der Waals surface area contributed by atoms with Crippen molar-refractivity contribution in [2.45, 2.75) is 0 Å². The first-order valence-corrected chi connectivity index (χ1v) is 10.4. The van der Waals surface area contributed by atoms with E-state index in [0.29, 0.717) is 39.8 Å². The van der Waals surface area contributed by atoms with Crippen LogP contribution in [0, 0.1) is 0 Å². The highest BCUT2D eigenvalue weighted by Crippen LogP contribution is 2.37. The van der Waals surface area contributed by atoms with Crippen molar-refractivity contribution < 1.29 is 14.3 Å². The van der Waals surface area contributed by atoms with Crippen LogP contribution in [-0.4, -0.2) is 20.1 Å². The molecule has 6 heteroatoms. The number of pyridine rings is 1. The molecule has 1 N–H and O–H groups in total. The van der Waals surface area contributed by atoms with Crippen LogP contribution in [0.2, 0.25) is 0 Å². The number of benzene rings is 3. The van der Waals surface area contributed by atoms with Gasteiger partial charge in [-0.15, -0.1) is 0 Å². The first-order valence-electron chi connectivity index (χ1n) is 10.4. The Kier molecular flexibility index (Phi) is 4.47. The van der Waals surface area contributed by atoms with Gasteiger partial charge in [0, 0.05) is 23.2 Å². The number of phenolic OH excluding ortho intramolecular Hbond substituents is 1. The zero-order chi connectivity index (χ0) is 22.2. The predicted octanol–water partition coefficient (Wildman–Crippen LogP) is 6.60. The van der Waals surface area contributed by atoms with Crippen molar-refractivity contribution >= 4 is 22.1 Å². The number of aromatic hydroxyl groups is 1. The average Bonchev–Trinajstić information content (AvgIpc) is 3.23. The third kappa shape index (κ3) is 3.43. The molecule has 3 heterocycles. The van der Waals surface area contributed by atoms with E-state index in [1.54, 1.807) is 30.5 Å².